The maximum absolute atomic E-state index is 3.83. The van der Waals surface area contributed by atoms with Crippen LogP contribution in [-0.2, 0) is 5.54 Å². The molecule has 3 atom stereocenters. The zero-order valence-electron chi connectivity index (χ0n) is 11.5. The van der Waals surface area contributed by atoms with Gasteiger partial charge in [0, 0.05) is 12.1 Å². The van der Waals surface area contributed by atoms with Gasteiger partial charge in [0.2, 0.25) is 0 Å². The fourth-order valence-electron chi connectivity index (χ4n) is 4.21. The predicted molar refractivity (Wildman–Crippen MR) is 75.6 cm³/mol. The van der Waals surface area contributed by atoms with Crippen LogP contribution in [0.1, 0.15) is 38.2 Å². The third kappa shape index (κ3) is 1.70. The van der Waals surface area contributed by atoms with Crippen molar-refractivity contribution < 1.29 is 0 Å². The second kappa shape index (κ2) is 4.67. The SMILES string of the molecule is CCNC1(c2ccccc2)CCC2CCC1N2C. The first-order valence-corrected chi connectivity index (χ1v) is 7.30. The molecule has 2 heteroatoms. The summed E-state index contributed by atoms with van der Waals surface area (Å²) >= 11 is 0. The highest BCUT2D eigenvalue weighted by atomic mass is 15.2. The van der Waals surface area contributed by atoms with E-state index in [-0.39, 0.29) is 5.54 Å². The largest absolute Gasteiger partial charge is 0.306 e. The fourth-order valence-corrected chi connectivity index (χ4v) is 4.21. The Kier molecular flexibility index (Phi) is 3.16. The van der Waals surface area contributed by atoms with Crippen LogP contribution in [0.3, 0.4) is 0 Å². The Balaban J connectivity index is 2.01. The summed E-state index contributed by atoms with van der Waals surface area (Å²) in [4.78, 5) is 2.62. The van der Waals surface area contributed by atoms with Gasteiger partial charge in [-0.1, -0.05) is 37.3 Å². The van der Waals surface area contributed by atoms with Gasteiger partial charge in [0.25, 0.3) is 0 Å². The van der Waals surface area contributed by atoms with Gasteiger partial charge >= 0.3 is 0 Å². The van der Waals surface area contributed by atoms with Gasteiger partial charge in [-0.3, -0.25) is 4.90 Å². The number of hydrogen-bond acceptors (Lipinski definition) is 2. The molecule has 3 rings (SSSR count). The smallest absolute Gasteiger partial charge is 0.0592 e. The number of rotatable bonds is 3. The molecule has 2 aliphatic heterocycles. The van der Waals surface area contributed by atoms with E-state index in [0.717, 1.165) is 12.6 Å². The molecule has 18 heavy (non-hydrogen) atoms. The average Bonchev–Trinajstić information content (AvgIpc) is 2.67. The van der Waals surface area contributed by atoms with Gasteiger partial charge in [0.15, 0.2) is 0 Å². The Morgan fingerprint density at radius 1 is 1.22 bits per heavy atom. The van der Waals surface area contributed by atoms with E-state index in [1.165, 1.54) is 31.2 Å². The highest BCUT2D eigenvalue weighted by molar-refractivity contribution is 5.29. The maximum Gasteiger partial charge on any atom is 0.0592 e. The van der Waals surface area contributed by atoms with Gasteiger partial charge in [-0.25, -0.2) is 0 Å². The molecule has 2 saturated heterocycles. The molecule has 0 amide bonds. The second-order valence-corrected chi connectivity index (χ2v) is 5.82. The van der Waals surface area contributed by atoms with Gasteiger partial charge in [0.05, 0.1) is 5.54 Å². The summed E-state index contributed by atoms with van der Waals surface area (Å²) in [6.45, 7) is 3.27. The van der Waals surface area contributed by atoms with E-state index in [9.17, 15) is 0 Å². The van der Waals surface area contributed by atoms with E-state index < -0.39 is 0 Å². The van der Waals surface area contributed by atoms with Crippen molar-refractivity contribution in [2.75, 3.05) is 13.6 Å². The molecular formula is C16H24N2. The van der Waals surface area contributed by atoms with E-state index in [4.69, 9.17) is 0 Å². The van der Waals surface area contributed by atoms with Crippen molar-refractivity contribution in [1.29, 1.82) is 0 Å². The molecule has 2 heterocycles. The topological polar surface area (TPSA) is 15.3 Å². The molecule has 1 aromatic rings. The minimum absolute atomic E-state index is 0.178. The Morgan fingerprint density at radius 2 is 2.00 bits per heavy atom. The molecule has 2 fully saturated rings. The van der Waals surface area contributed by atoms with Crippen LogP contribution in [0.2, 0.25) is 0 Å². The van der Waals surface area contributed by atoms with Gasteiger partial charge in [-0.05, 0) is 44.8 Å². The van der Waals surface area contributed by atoms with E-state index >= 15 is 0 Å². The van der Waals surface area contributed by atoms with Crippen molar-refractivity contribution in [1.82, 2.24) is 10.2 Å². The quantitative estimate of drug-likeness (QED) is 0.879. The lowest BCUT2D eigenvalue weighted by Gasteiger charge is -2.48. The third-order valence-corrected chi connectivity index (χ3v) is 5.06. The third-order valence-electron chi connectivity index (χ3n) is 5.06. The van der Waals surface area contributed by atoms with Crippen LogP contribution in [-0.4, -0.2) is 30.6 Å². The Hall–Kier alpha value is -0.860. The average molecular weight is 244 g/mol. The lowest BCUT2D eigenvalue weighted by molar-refractivity contribution is 0.0689. The summed E-state index contributed by atoms with van der Waals surface area (Å²) in [6.07, 6.45) is 5.32. The number of hydrogen-bond donors (Lipinski definition) is 1. The zero-order chi connectivity index (χ0) is 12.6. The van der Waals surface area contributed by atoms with Crippen molar-refractivity contribution in [3.05, 3.63) is 35.9 Å². The van der Waals surface area contributed by atoms with Crippen LogP contribution < -0.4 is 5.32 Å². The lowest BCUT2D eigenvalue weighted by Crippen LogP contribution is -2.59. The minimum atomic E-state index is 0.178. The summed E-state index contributed by atoms with van der Waals surface area (Å²) in [7, 11) is 2.32. The van der Waals surface area contributed by atoms with Gasteiger partial charge in [0.1, 0.15) is 0 Å². The molecule has 1 N–H and O–H groups in total. The van der Waals surface area contributed by atoms with Crippen LogP contribution in [0, 0.1) is 0 Å². The van der Waals surface area contributed by atoms with Crippen LogP contribution in [0.25, 0.3) is 0 Å². The Labute approximate surface area is 110 Å². The minimum Gasteiger partial charge on any atom is -0.306 e. The van der Waals surface area contributed by atoms with Crippen molar-refractivity contribution >= 4 is 0 Å². The van der Waals surface area contributed by atoms with Gasteiger partial charge in [-0.2, -0.15) is 0 Å². The van der Waals surface area contributed by atoms with Crippen LogP contribution in [0.15, 0.2) is 30.3 Å². The number of nitrogens with zero attached hydrogens (tertiary/aromatic N) is 1. The summed E-state index contributed by atoms with van der Waals surface area (Å²) in [5.74, 6) is 0. The van der Waals surface area contributed by atoms with E-state index in [2.05, 4.69) is 54.5 Å². The molecule has 0 aromatic heterocycles. The van der Waals surface area contributed by atoms with Crippen molar-refractivity contribution in [3.63, 3.8) is 0 Å². The Bertz CT molecular complexity index is 403. The molecule has 0 radical (unpaired) electrons. The first-order valence-electron chi connectivity index (χ1n) is 7.30. The summed E-state index contributed by atoms with van der Waals surface area (Å²) in [5.41, 5.74) is 1.65. The van der Waals surface area contributed by atoms with E-state index in [1.807, 2.05) is 0 Å². The molecule has 2 aliphatic rings. The summed E-state index contributed by atoms with van der Waals surface area (Å²) in [5, 5.41) is 3.83. The molecule has 0 aliphatic carbocycles. The first kappa shape index (κ1) is 12.2. The van der Waals surface area contributed by atoms with Crippen LogP contribution >= 0.6 is 0 Å². The van der Waals surface area contributed by atoms with Gasteiger partial charge < -0.3 is 5.32 Å². The first-order chi connectivity index (χ1) is 8.78. The monoisotopic (exact) mass is 244 g/mol. The summed E-state index contributed by atoms with van der Waals surface area (Å²) in [6, 6.07) is 12.6. The predicted octanol–water partition coefficient (Wildman–Crippen LogP) is 2.75. The number of likely N-dealkylation sites (N-methyl/N-ethyl adjacent to an activating group) is 2. The molecule has 3 unspecified atom stereocenters. The molecule has 98 valence electrons. The van der Waals surface area contributed by atoms with Crippen molar-refractivity contribution in [2.45, 2.75) is 50.2 Å². The second-order valence-electron chi connectivity index (χ2n) is 5.82. The number of piperidine rings is 1. The molecule has 0 saturated carbocycles. The zero-order valence-corrected chi connectivity index (χ0v) is 11.5. The van der Waals surface area contributed by atoms with E-state index in [0.29, 0.717) is 6.04 Å². The maximum atomic E-state index is 3.83. The number of benzene rings is 1. The molecule has 2 nitrogen and oxygen atoms in total. The molecule has 0 spiro atoms. The molecule has 2 bridgehead atoms. The summed E-state index contributed by atoms with van der Waals surface area (Å²) < 4.78 is 0. The van der Waals surface area contributed by atoms with E-state index in [1.54, 1.807) is 0 Å². The number of fused-ring (bicyclic) bond motifs is 2. The Morgan fingerprint density at radius 3 is 2.72 bits per heavy atom. The van der Waals surface area contributed by atoms with Crippen molar-refractivity contribution in [2.24, 2.45) is 0 Å². The van der Waals surface area contributed by atoms with Crippen LogP contribution in [0.4, 0.5) is 0 Å². The normalized spacial score (nSPS) is 35.9. The number of nitrogens with one attached hydrogen (secondary N) is 1. The standard InChI is InChI=1S/C16H24N2/c1-3-17-16(13-7-5-4-6-8-13)12-11-14-9-10-15(16)18(14)2/h4-8,14-15,17H,3,9-12H2,1-2H3. The van der Waals surface area contributed by atoms with Gasteiger partial charge in [-0.15, -0.1) is 0 Å². The molecule has 1 aromatic carbocycles. The molecular weight excluding hydrogens is 220 g/mol. The highest BCUT2D eigenvalue weighted by Gasteiger charge is 2.50. The lowest BCUT2D eigenvalue weighted by atomic mass is 9.76. The fraction of sp³-hybridized carbons (Fsp3) is 0.625. The highest BCUT2D eigenvalue weighted by Crippen LogP contribution is 2.45. The van der Waals surface area contributed by atoms with Crippen LogP contribution in [0.5, 0.6) is 0 Å². The van der Waals surface area contributed by atoms with Crippen molar-refractivity contribution in [3.8, 4) is 0 Å².